The van der Waals surface area contributed by atoms with Gasteiger partial charge in [0.2, 0.25) is 5.91 Å². The molecule has 1 atom stereocenters. The largest absolute Gasteiger partial charge is 0.379 e. The van der Waals surface area contributed by atoms with Crippen LogP contribution < -0.4 is 10.2 Å². The van der Waals surface area contributed by atoms with Crippen molar-refractivity contribution in [3.8, 4) is 0 Å². The number of ether oxygens (including phenoxy) is 1. The summed E-state index contributed by atoms with van der Waals surface area (Å²) in [5, 5.41) is 3.08. The maximum atomic E-state index is 11.9. The highest BCUT2D eigenvalue weighted by molar-refractivity contribution is 5.77. The van der Waals surface area contributed by atoms with Crippen molar-refractivity contribution >= 4 is 11.6 Å². The zero-order valence-corrected chi connectivity index (χ0v) is 14.7. The van der Waals surface area contributed by atoms with Gasteiger partial charge in [0.15, 0.2) is 0 Å². The molecule has 1 N–H and O–H groups in total. The fourth-order valence-corrected chi connectivity index (χ4v) is 2.74. The minimum atomic E-state index is 0.0106. The molecule has 1 unspecified atom stereocenters. The minimum Gasteiger partial charge on any atom is -0.379 e. The fraction of sp³-hybridized carbons (Fsp3) is 0.611. The van der Waals surface area contributed by atoms with Crippen LogP contribution in [0.3, 0.4) is 0 Å². The Hall–Kier alpha value is -1.59. The van der Waals surface area contributed by atoms with Crippen LogP contribution in [0.1, 0.15) is 25.5 Å². The smallest absolute Gasteiger partial charge is 0.222 e. The first kappa shape index (κ1) is 17.8. The van der Waals surface area contributed by atoms with Gasteiger partial charge in [0.05, 0.1) is 19.3 Å². The zero-order chi connectivity index (χ0) is 16.8. The van der Waals surface area contributed by atoms with Crippen molar-refractivity contribution in [3.05, 3.63) is 29.8 Å². The molecule has 1 aliphatic heterocycles. The van der Waals surface area contributed by atoms with Crippen LogP contribution in [-0.4, -0.2) is 57.8 Å². The second kappa shape index (κ2) is 8.31. The number of hydrogen-bond donors (Lipinski definition) is 1. The molecule has 23 heavy (non-hydrogen) atoms. The predicted molar refractivity (Wildman–Crippen MR) is 93.7 cm³/mol. The van der Waals surface area contributed by atoms with E-state index >= 15 is 0 Å². The van der Waals surface area contributed by atoms with Gasteiger partial charge in [-0.15, -0.1) is 0 Å². The molecule has 0 spiro atoms. The molecule has 0 aromatic heterocycles. The summed E-state index contributed by atoms with van der Waals surface area (Å²) >= 11 is 0. The average molecular weight is 319 g/mol. The monoisotopic (exact) mass is 319 g/mol. The van der Waals surface area contributed by atoms with Crippen LogP contribution in [0.4, 0.5) is 5.69 Å². The van der Waals surface area contributed by atoms with E-state index in [2.05, 4.69) is 39.4 Å². The number of nitrogens with zero attached hydrogens (tertiary/aromatic N) is 2. The Morgan fingerprint density at radius 2 is 1.83 bits per heavy atom. The van der Waals surface area contributed by atoms with E-state index in [1.165, 1.54) is 11.3 Å². The van der Waals surface area contributed by atoms with Crippen molar-refractivity contribution < 1.29 is 9.53 Å². The molecule has 0 radical (unpaired) electrons. The van der Waals surface area contributed by atoms with Gasteiger partial charge in [0.1, 0.15) is 0 Å². The highest BCUT2D eigenvalue weighted by Crippen LogP contribution is 2.23. The van der Waals surface area contributed by atoms with Crippen LogP contribution >= 0.6 is 0 Å². The molecule has 0 bridgehead atoms. The molecule has 2 rings (SSSR count). The molecule has 1 aromatic carbocycles. The summed E-state index contributed by atoms with van der Waals surface area (Å²) in [5.74, 6) is 0.115. The lowest BCUT2D eigenvalue weighted by atomic mass is 10.0. The third-order valence-electron chi connectivity index (χ3n) is 4.27. The van der Waals surface area contributed by atoms with E-state index in [4.69, 9.17) is 4.74 Å². The van der Waals surface area contributed by atoms with Gasteiger partial charge in [-0.25, -0.2) is 0 Å². The second-order valence-corrected chi connectivity index (χ2v) is 6.55. The van der Waals surface area contributed by atoms with Crippen molar-refractivity contribution in [2.24, 2.45) is 5.92 Å². The molecule has 5 heteroatoms. The lowest BCUT2D eigenvalue weighted by Gasteiger charge is -2.35. The van der Waals surface area contributed by atoms with Gasteiger partial charge in [0, 0.05) is 45.3 Å². The summed E-state index contributed by atoms with van der Waals surface area (Å²) in [5.41, 5.74) is 2.42. The maximum Gasteiger partial charge on any atom is 0.222 e. The first-order valence-electron chi connectivity index (χ1n) is 8.36. The quantitative estimate of drug-likeness (QED) is 0.870. The van der Waals surface area contributed by atoms with Crippen LogP contribution in [0.5, 0.6) is 0 Å². The third kappa shape index (κ3) is 4.94. The number of anilines is 1. The highest BCUT2D eigenvalue weighted by atomic mass is 16.5. The van der Waals surface area contributed by atoms with Crippen molar-refractivity contribution in [1.29, 1.82) is 0 Å². The third-order valence-corrected chi connectivity index (χ3v) is 4.27. The topological polar surface area (TPSA) is 44.8 Å². The van der Waals surface area contributed by atoms with E-state index in [9.17, 15) is 4.79 Å². The molecular weight excluding hydrogens is 290 g/mol. The van der Waals surface area contributed by atoms with Gasteiger partial charge < -0.3 is 15.0 Å². The summed E-state index contributed by atoms with van der Waals surface area (Å²) < 4.78 is 5.46. The predicted octanol–water partition coefficient (Wildman–Crippen LogP) is 1.90. The van der Waals surface area contributed by atoms with E-state index in [0.29, 0.717) is 6.54 Å². The summed E-state index contributed by atoms with van der Waals surface area (Å²) in [6, 6.07) is 8.78. The lowest BCUT2D eigenvalue weighted by molar-refractivity contribution is -0.124. The van der Waals surface area contributed by atoms with E-state index in [1.807, 2.05) is 27.9 Å². The van der Waals surface area contributed by atoms with Crippen LogP contribution in [0.25, 0.3) is 0 Å². The molecule has 1 aliphatic rings. The lowest BCUT2D eigenvalue weighted by Crippen LogP contribution is -2.44. The van der Waals surface area contributed by atoms with Crippen LogP contribution in [0, 0.1) is 5.92 Å². The van der Waals surface area contributed by atoms with Gasteiger partial charge in [0.25, 0.3) is 0 Å². The number of amides is 1. The van der Waals surface area contributed by atoms with Crippen LogP contribution in [-0.2, 0) is 9.53 Å². The van der Waals surface area contributed by atoms with Crippen molar-refractivity contribution in [1.82, 2.24) is 10.2 Å². The highest BCUT2D eigenvalue weighted by Gasteiger charge is 2.23. The number of nitrogens with one attached hydrogen (secondary N) is 1. The summed E-state index contributed by atoms with van der Waals surface area (Å²) in [4.78, 5) is 16.4. The number of hydrogen-bond acceptors (Lipinski definition) is 4. The standard InChI is InChI=1S/C18H29N3O2/c1-14(2)18(22)19-13-17(21-9-11-23-12-10-21)15-5-7-16(8-6-15)20(3)4/h5-8,14,17H,9-13H2,1-4H3,(H,19,22). The Kier molecular flexibility index (Phi) is 6.42. The van der Waals surface area contributed by atoms with Crippen molar-refractivity contribution in [2.45, 2.75) is 19.9 Å². The van der Waals surface area contributed by atoms with Crippen LogP contribution in [0.2, 0.25) is 0 Å². The minimum absolute atomic E-state index is 0.0106. The Morgan fingerprint density at radius 1 is 1.22 bits per heavy atom. The van der Waals surface area contributed by atoms with Gasteiger partial charge in [-0.05, 0) is 17.7 Å². The van der Waals surface area contributed by atoms with Crippen LogP contribution in [0.15, 0.2) is 24.3 Å². The molecule has 1 fully saturated rings. The molecule has 1 aromatic rings. The molecule has 0 aliphatic carbocycles. The molecule has 1 heterocycles. The zero-order valence-electron chi connectivity index (χ0n) is 14.7. The number of benzene rings is 1. The Balaban J connectivity index is 2.12. The average Bonchev–Trinajstić information content (AvgIpc) is 2.56. The van der Waals surface area contributed by atoms with Crippen molar-refractivity contribution in [3.63, 3.8) is 0 Å². The Bertz CT molecular complexity index is 493. The SMILES string of the molecule is CC(C)C(=O)NCC(c1ccc(N(C)C)cc1)N1CCOCC1. The van der Waals surface area contributed by atoms with Gasteiger partial charge >= 0.3 is 0 Å². The second-order valence-electron chi connectivity index (χ2n) is 6.55. The Labute approximate surface area is 139 Å². The summed E-state index contributed by atoms with van der Waals surface area (Å²) in [7, 11) is 4.08. The molecule has 128 valence electrons. The van der Waals surface area contributed by atoms with Gasteiger partial charge in [-0.3, -0.25) is 9.69 Å². The van der Waals surface area contributed by atoms with Gasteiger partial charge in [-0.1, -0.05) is 26.0 Å². The van der Waals surface area contributed by atoms with Crippen molar-refractivity contribution in [2.75, 3.05) is 51.8 Å². The van der Waals surface area contributed by atoms with E-state index in [1.54, 1.807) is 0 Å². The van der Waals surface area contributed by atoms with E-state index in [0.717, 1.165) is 26.3 Å². The number of carbonyl (C=O) groups is 1. The first-order chi connectivity index (χ1) is 11.0. The first-order valence-corrected chi connectivity index (χ1v) is 8.36. The van der Waals surface area contributed by atoms with E-state index in [-0.39, 0.29) is 17.9 Å². The summed E-state index contributed by atoms with van der Waals surface area (Å²) in [6.45, 7) is 7.79. The fourth-order valence-electron chi connectivity index (χ4n) is 2.74. The molecule has 0 saturated carbocycles. The summed E-state index contributed by atoms with van der Waals surface area (Å²) in [6.07, 6.45) is 0. The normalized spacial score (nSPS) is 17.1. The number of morpholine rings is 1. The maximum absolute atomic E-state index is 11.9. The number of rotatable bonds is 6. The van der Waals surface area contributed by atoms with Gasteiger partial charge in [-0.2, -0.15) is 0 Å². The Morgan fingerprint density at radius 3 is 2.35 bits per heavy atom. The number of carbonyl (C=O) groups excluding carboxylic acids is 1. The molecule has 1 amide bonds. The molecule has 5 nitrogen and oxygen atoms in total. The molecular formula is C18H29N3O2. The van der Waals surface area contributed by atoms with E-state index < -0.39 is 0 Å². The molecule has 1 saturated heterocycles.